The first-order valence-corrected chi connectivity index (χ1v) is 5.84. The Morgan fingerprint density at radius 1 is 1.41 bits per heavy atom. The predicted molar refractivity (Wildman–Crippen MR) is 68.9 cm³/mol. The maximum atomic E-state index is 10.7. The van der Waals surface area contributed by atoms with Crippen molar-refractivity contribution in [1.29, 1.82) is 0 Å². The van der Waals surface area contributed by atoms with Crippen LogP contribution in [0.4, 0.5) is 4.79 Å². The SMILES string of the molecule is C=C/C(=C/COC(=O)OC)Sc1ccccc1. The number of carbonyl (C=O) groups excluding carboxylic acids is 1. The summed E-state index contributed by atoms with van der Waals surface area (Å²) in [6.45, 7) is 3.89. The van der Waals surface area contributed by atoms with E-state index >= 15 is 0 Å². The molecular weight excluding hydrogens is 236 g/mol. The fraction of sp³-hybridized carbons (Fsp3) is 0.154. The quantitative estimate of drug-likeness (QED) is 0.454. The zero-order chi connectivity index (χ0) is 12.5. The Hall–Kier alpha value is -1.68. The minimum atomic E-state index is -0.686. The van der Waals surface area contributed by atoms with E-state index in [1.54, 1.807) is 23.9 Å². The number of carbonyl (C=O) groups is 1. The fourth-order valence-electron chi connectivity index (χ4n) is 1.04. The van der Waals surface area contributed by atoms with Crippen LogP contribution in [0, 0.1) is 0 Å². The van der Waals surface area contributed by atoms with Gasteiger partial charge in [-0.2, -0.15) is 0 Å². The highest BCUT2D eigenvalue weighted by atomic mass is 32.2. The molecule has 0 saturated carbocycles. The molecule has 0 heterocycles. The van der Waals surface area contributed by atoms with E-state index in [-0.39, 0.29) is 6.61 Å². The van der Waals surface area contributed by atoms with Crippen LogP contribution in [-0.4, -0.2) is 19.9 Å². The number of ether oxygens (including phenoxy) is 2. The standard InChI is InChI=1S/C13H14O3S/c1-3-11(9-10-16-13(14)15-2)17-12-7-5-4-6-8-12/h3-9H,1,10H2,2H3/b11-9-. The lowest BCUT2D eigenvalue weighted by Crippen LogP contribution is -2.03. The van der Waals surface area contributed by atoms with Gasteiger partial charge in [0.1, 0.15) is 6.61 Å². The summed E-state index contributed by atoms with van der Waals surface area (Å²) in [6.07, 6.45) is 2.81. The predicted octanol–water partition coefficient (Wildman–Crippen LogP) is 3.63. The van der Waals surface area contributed by atoms with Gasteiger partial charge in [-0.15, -0.1) is 0 Å². The number of benzene rings is 1. The highest BCUT2D eigenvalue weighted by molar-refractivity contribution is 8.03. The smallest absolute Gasteiger partial charge is 0.438 e. The van der Waals surface area contributed by atoms with Gasteiger partial charge in [-0.3, -0.25) is 0 Å². The number of rotatable bonds is 5. The lowest BCUT2D eigenvalue weighted by Gasteiger charge is -2.03. The molecule has 1 aromatic rings. The van der Waals surface area contributed by atoms with Crippen molar-refractivity contribution in [2.75, 3.05) is 13.7 Å². The molecule has 0 aliphatic carbocycles. The van der Waals surface area contributed by atoms with E-state index in [4.69, 9.17) is 4.74 Å². The van der Waals surface area contributed by atoms with Crippen LogP contribution in [-0.2, 0) is 9.47 Å². The molecule has 0 fully saturated rings. The Balaban J connectivity index is 2.51. The van der Waals surface area contributed by atoms with E-state index < -0.39 is 6.16 Å². The van der Waals surface area contributed by atoms with Gasteiger partial charge in [0.2, 0.25) is 0 Å². The Morgan fingerprint density at radius 2 is 2.12 bits per heavy atom. The molecule has 0 bridgehead atoms. The van der Waals surface area contributed by atoms with E-state index in [1.807, 2.05) is 30.3 Å². The summed E-state index contributed by atoms with van der Waals surface area (Å²) in [5.74, 6) is 0. The van der Waals surface area contributed by atoms with Crippen LogP contribution in [0.2, 0.25) is 0 Å². The Bertz CT molecular complexity index is 398. The van der Waals surface area contributed by atoms with Crippen molar-refractivity contribution in [1.82, 2.24) is 0 Å². The number of allylic oxidation sites excluding steroid dienone is 1. The Labute approximate surface area is 105 Å². The number of hydrogen-bond donors (Lipinski definition) is 0. The van der Waals surface area contributed by atoms with Gasteiger partial charge >= 0.3 is 6.16 Å². The minimum Gasteiger partial charge on any atom is -0.438 e. The average Bonchev–Trinajstić information content (AvgIpc) is 2.38. The van der Waals surface area contributed by atoms with Crippen molar-refractivity contribution in [3.8, 4) is 0 Å². The van der Waals surface area contributed by atoms with Crippen molar-refractivity contribution < 1.29 is 14.3 Å². The largest absolute Gasteiger partial charge is 0.508 e. The number of hydrogen-bond acceptors (Lipinski definition) is 4. The summed E-state index contributed by atoms with van der Waals surface area (Å²) in [6, 6.07) is 9.90. The molecule has 0 aliphatic heterocycles. The van der Waals surface area contributed by atoms with Crippen molar-refractivity contribution in [3.63, 3.8) is 0 Å². The third-order valence-corrected chi connectivity index (χ3v) is 2.91. The second-order valence-corrected chi connectivity index (χ2v) is 4.14. The summed E-state index contributed by atoms with van der Waals surface area (Å²) in [5.41, 5.74) is 0. The molecule has 4 heteroatoms. The maximum absolute atomic E-state index is 10.7. The Morgan fingerprint density at radius 3 is 2.71 bits per heavy atom. The second kappa shape index (κ2) is 7.57. The number of methoxy groups -OCH3 is 1. The van der Waals surface area contributed by atoms with Crippen molar-refractivity contribution in [2.45, 2.75) is 4.90 Å². The molecule has 0 N–H and O–H groups in total. The van der Waals surface area contributed by atoms with Crippen LogP contribution in [0.5, 0.6) is 0 Å². The monoisotopic (exact) mass is 250 g/mol. The van der Waals surface area contributed by atoms with E-state index in [2.05, 4.69) is 11.3 Å². The van der Waals surface area contributed by atoms with Gasteiger partial charge in [0, 0.05) is 9.80 Å². The molecule has 0 spiro atoms. The van der Waals surface area contributed by atoms with Crippen LogP contribution in [0.1, 0.15) is 0 Å². The molecule has 0 aliphatic rings. The van der Waals surface area contributed by atoms with Gasteiger partial charge < -0.3 is 9.47 Å². The van der Waals surface area contributed by atoms with Gasteiger partial charge in [-0.1, -0.05) is 42.6 Å². The molecular formula is C13H14O3S. The van der Waals surface area contributed by atoms with Crippen molar-refractivity contribution >= 4 is 17.9 Å². The van der Waals surface area contributed by atoms with E-state index in [0.29, 0.717) is 0 Å². The first-order valence-electron chi connectivity index (χ1n) is 5.02. The first-order chi connectivity index (χ1) is 8.26. The number of thioether (sulfide) groups is 1. The summed E-state index contributed by atoms with van der Waals surface area (Å²) in [5, 5.41) is 0. The summed E-state index contributed by atoms with van der Waals surface area (Å²) < 4.78 is 9.12. The van der Waals surface area contributed by atoms with E-state index in [1.165, 1.54) is 7.11 Å². The molecule has 1 aromatic carbocycles. The molecule has 0 saturated heterocycles. The third-order valence-electron chi connectivity index (χ3n) is 1.83. The molecule has 17 heavy (non-hydrogen) atoms. The van der Waals surface area contributed by atoms with Gasteiger partial charge in [0.15, 0.2) is 0 Å². The van der Waals surface area contributed by atoms with Gasteiger partial charge in [-0.25, -0.2) is 4.79 Å². The molecule has 0 amide bonds. The van der Waals surface area contributed by atoms with Crippen LogP contribution in [0.25, 0.3) is 0 Å². The summed E-state index contributed by atoms with van der Waals surface area (Å²) in [4.78, 5) is 12.8. The zero-order valence-corrected chi connectivity index (χ0v) is 10.4. The van der Waals surface area contributed by atoms with Crippen molar-refractivity contribution in [2.24, 2.45) is 0 Å². The molecule has 0 atom stereocenters. The van der Waals surface area contributed by atoms with Gasteiger partial charge in [0.05, 0.1) is 7.11 Å². The van der Waals surface area contributed by atoms with Crippen LogP contribution in [0.3, 0.4) is 0 Å². The average molecular weight is 250 g/mol. The van der Waals surface area contributed by atoms with Gasteiger partial charge in [0.25, 0.3) is 0 Å². The zero-order valence-electron chi connectivity index (χ0n) is 9.59. The summed E-state index contributed by atoms with van der Waals surface area (Å²) >= 11 is 1.56. The van der Waals surface area contributed by atoms with Crippen LogP contribution >= 0.6 is 11.8 Å². The van der Waals surface area contributed by atoms with Crippen LogP contribution < -0.4 is 0 Å². The van der Waals surface area contributed by atoms with Crippen LogP contribution in [0.15, 0.2) is 58.9 Å². The maximum Gasteiger partial charge on any atom is 0.508 e. The molecule has 0 unspecified atom stereocenters. The van der Waals surface area contributed by atoms with Crippen molar-refractivity contribution in [3.05, 3.63) is 54.0 Å². The lowest BCUT2D eigenvalue weighted by atomic mass is 10.4. The fourth-order valence-corrected chi connectivity index (χ4v) is 1.84. The topological polar surface area (TPSA) is 35.5 Å². The lowest BCUT2D eigenvalue weighted by molar-refractivity contribution is 0.0818. The molecule has 90 valence electrons. The minimum absolute atomic E-state index is 0.174. The normalized spacial score (nSPS) is 10.8. The molecule has 0 aromatic heterocycles. The van der Waals surface area contributed by atoms with E-state index in [9.17, 15) is 4.79 Å². The first kappa shape index (κ1) is 13.4. The summed E-state index contributed by atoms with van der Waals surface area (Å²) in [7, 11) is 1.28. The van der Waals surface area contributed by atoms with E-state index in [0.717, 1.165) is 9.80 Å². The Kier molecular flexibility index (Phi) is 5.96. The highest BCUT2D eigenvalue weighted by Gasteiger charge is 1.99. The highest BCUT2D eigenvalue weighted by Crippen LogP contribution is 2.26. The molecule has 3 nitrogen and oxygen atoms in total. The van der Waals surface area contributed by atoms with Gasteiger partial charge in [-0.05, 0) is 18.2 Å². The molecule has 1 rings (SSSR count). The third kappa shape index (κ3) is 5.26. The second-order valence-electron chi connectivity index (χ2n) is 2.99. The molecule has 0 radical (unpaired) electrons.